The lowest BCUT2D eigenvalue weighted by atomic mass is 9.86. The van der Waals surface area contributed by atoms with Gasteiger partial charge in [0.1, 0.15) is 23.7 Å². The molecule has 3 rings (SSSR count). The third-order valence-electron chi connectivity index (χ3n) is 5.12. The number of furan rings is 1. The van der Waals surface area contributed by atoms with Crippen molar-refractivity contribution in [3.05, 3.63) is 65.4 Å². The fourth-order valence-electron chi connectivity index (χ4n) is 3.26. The SMILES string of the molecule is CCCC(=O)OC(COc1ccc(C(=O)OC)cc1)c1cc2cc(C(C)(C)C)ccc2o1. The number of rotatable bonds is 8. The molecule has 32 heavy (non-hydrogen) atoms. The monoisotopic (exact) mass is 438 g/mol. The lowest BCUT2D eigenvalue weighted by molar-refractivity contribution is -0.152. The van der Waals surface area contributed by atoms with E-state index in [1.54, 1.807) is 24.3 Å². The van der Waals surface area contributed by atoms with Crippen molar-refractivity contribution in [3.63, 3.8) is 0 Å². The zero-order valence-electron chi connectivity index (χ0n) is 19.3. The summed E-state index contributed by atoms with van der Waals surface area (Å²) in [7, 11) is 1.33. The van der Waals surface area contributed by atoms with Gasteiger partial charge in [-0.15, -0.1) is 0 Å². The Labute approximate surface area is 188 Å². The van der Waals surface area contributed by atoms with E-state index in [4.69, 9.17) is 18.6 Å². The van der Waals surface area contributed by atoms with Crippen LogP contribution < -0.4 is 4.74 Å². The van der Waals surface area contributed by atoms with Gasteiger partial charge in [0.05, 0.1) is 12.7 Å². The Kier molecular flexibility index (Phi) is 7.23. The fourth-order valence-corrected chi connectivity index (χ4v) is 3.26. The van der Waals surface area contributed by atoms with Gasteiger partial charge < -0.3 is 18.6 Å². The van der Waals surface area contributed by atoms with Crippen LogP contribution in [0.1, 0.15) is 68.3 Å². The van der Waals surface area contributed by atoms with E-state index < -0.39 is 12.1 Å². The van der Waals surface area contributed by atoms with Crippen LogP contribution in [-0.4, -0.2) is 25.7 Å². The first-order valence-electron chi connectivity index (χ1n) is 10.8. The predicted octanol–water partition coefficient (Wildman–Crippen LogP) is 5.98. The van der Waals surface area contributed by atoms with Gasteiger partial charge in [-0.2, -0.15) is 0 Å². The van der Waals surface area contributed by atoms with Crippen molar-refractivity contribution in [2.24, 2.45) is 0 Å². The average Bonchev–Trinajstić information content (AvgIpc) is 3.19. The number of esters is 2. The van der Waals surface area contributed by atoms with Crippen LogP contribution in [0, 0.1) is 0 Å². The number of ether oxygens (including phenoxy) is 3. The molecule has 170 valence electrons. The maximum Gasteiger partial charge on any atom is 0.337 e. The van der Waals surface area contributed by atoms with Crippen molar-refractivity contribution in [3.8, 4) is 5.75 Å². The van der Waals surface area contributed by atoms with Crippen LogP contribution in [-0.2, 0) is 19.7 Å². The minimum absolute atomic E-state index is 0.0120. The minimum Gasteiger partial charge on any atom is -0.489 e. The molecule has 0 aliphatic rings. The minimum atomic E-state index is -0.695. The van der Waals surface area contributed by atoms with Crippen molar-refractivity contribution < 1.29 is 28.2 Å². The highest BCUT2D eigenvalue weighted by Gasteiger charge is 2.23. The van der Waals surface area contributed by atoms with E-state index in [-0.39, 0.29) is 18.0 Å². The number of methoxy groups -OCH3 is 1. The first-order valence-corrected chi connectivity index (χ1v) is 10.8. The number of carbonyl (C=O) groups excluding carboxylic acids is 2. The predicted molar refractivity (Wildman–Crippen MR) is 122 cm³/mol. The molecule has 0 radical (unpaired) electrons. The Hall–Kier alpha value is -3.28. The van der Waals surface area contributed by atoms with E-state index in [1.807, 2.05) is 25.1 Å². The Balaban J connectivity index is 1.82. The third-order valence-corrected chi connectivity index (χ3v) is 5.12. The number of carbonyl (C=O) groups is 2. The quantitative estimate of drug-likeness (QED) is 0.403. The molecule has 0 amide bonds. The molecule has 3 aromatic rings. The summed E-state index contributed by atoms with van der Waals surface area (Å²) in [6.45, 7) is 8.47. The van der Waals surface area contributed by atoms with E-state index in [1.165, 1.54) is 12.7 Å². The molecule has 6 nitrogen and oxygen atoms in total. The van der Waals surface area contributed by atoms with Crippen LogP contribution in [0.3, 0.4) is 0 Å². The van der Waals surface area contributed by atoms with Crippen LogP contribution in [0.4, 0.5) is 0 Å². The summed E-state index contributed by atoms with van der Waals surface area (Å²) in [5, 5.41) is 0.950. The second-order valence-corrected chi connectivity index (χ2v) is 8.71. The van der Waals surface area contributed by atoms with Gasteiger partial charge in [0.15, 0.2) is 6.10 Å². The molecular weight excluding hydrogens is 408 g/mol. The normalized spacial score (nSPS) is 12.4. The summed E-state index contributed by atoms with van der Waals surface area (Å²) in [6.07, 6.45) is 0.315. The molecule has 0 bridgehead atoms. The molecule has 0 aliphatic carbocycles. The average molecular weight is 439 g/mol. The Bertz CT molecular complexity index is 1070. The molecule has 1 unspecified atom stereocenters. The number of hydrogen-bond acceptors (Lipinski definition) is 6. The third kappa shape index (κ3) is 5.69. The van der Waals surface area contributed by atoms with Gasteiger partial charge in [0.25, 0.3) is 0 Å². The Morgan fingerprint density at radius 1 is 1.03 bits per heavy atom. The zero-order valence-corrected chi connectivity index (χ0v) is 19.3. The van der Waals surface area contributed by atoms with E-state index in [0.29, 0.717) is 29.9 Å². The van der Waals surface area contributed by atoms with Crippen LogP contribution in [0.2, 0.25) is 0 Å². The first kappa shape index (κ1) is 23.4. The number of hydrogen-bond donors (Lipinski definition) is 0. The van der Waals surface area contributed by atoms with Gasteiger partial charge in [-0.25, -0.2) is 4.79 Å². The molecule has 1 atom stereocenters. The van der Waals surface area contributed by atoms with Crippen molar-refractivity contribution in [2.45, 2.75) is 52.1 Å². The molecule has 6 heteroatoms. The highest BCUT2D eigenvalue weighted by Crippen LogP contribution is 2.31. The van der Waals surface area contributed by atoms with Crippen LogP contribution in [0.15, 0.2) is 52.9 Å². The molecule has 1 heterocycles. The molecule has 0 aliphatic heterocycles. The second-order valence-electron chi connectivity index (χ2n) is 8.71. The van der Waals surface area contributed by atoms with Crippen molar-refractivity contribution in [2.75, 3.05) is 13.7 Å². The maximum absolute atomic E-state index is 12.2. The lowest BCUT2D eigenvalue weighted by Gasteiger charge is -2.18. The molecule has 0 fully saturated rings. The van der Waals surface area contributed by atoms with Gasteiger partial charge in [-0.3, -0.25) is 4.79 Å². The second kappa shape index (κ2) is 9.90. The lowest BCUT2D eigenvalue weighted by Crippen LogP contribution is -2.17. The summed E-state index contributed by atoms with van der Waals surface area (Å²) in [6, 6.07) is 14.6. The summed E-state index contributed by atoms with van der Waals surface area (Å²) in [4.78, 5) is 23.8. The van der Waals surface area contributed by atoms with Gasteiger partial charge in [0, 0.05) is 11.8 Å². The largest absolute Gasteiger partial charge is 0.489 e. The van der Waals surface area contributed by atoms with Crippen LogP contribution >= 0.6 is 0 Å². The van der Waals surface area contributed by atoms with E-state index >= 15 is 0 Å². The highest BCUT2D eigenvalue weighted by molar-refractivity contribution is 5.89. The highest BCUT2D eigenvalue weighted by atomic mass is 16.6. The van der Waals surface area contributed by atoms with Gasteiger partial charge in [-0.05, 0) is 59.9 Å². The van der Waals surface area contributed by atoms with Gasteiger partial charge in [-0.1, -0.05) is 33.8 Å². The van der Waals surface area contributed by atoms with E-state index in [0.717, 1.165) is 11.0 Å². The first-order chi connectivity index (χ1) is 15.2. The van der Waals surface area contributed by atoms with Gasteiger partial charge >= 0.3 is 11.9 Å². The maximum atomic E-state index is 12.2. The van der Waals surface area contributed by atoms with Gasteiger partial charge in [0.2, 0.25) is 0 Å². The smallest absolute Gasteiger partial charge is 0.337 e. The number of benzene rings is 2. The fraction of sp³-hybridized carbons (Fsp3) is 0.385. The molecule has 0 spiro atoms. The Morgan fingerprint density at radius 3 is 2.38 bits per heavy atom. The standard InChI is InChI=1S/C26H30O6/c1-6-7-24(27)32-23(16-30-20-11-8-17(9-12-20)25(28)29-5)22-15-18-14-19(26(2,3)4)10-13-21(18)31-22/h8-15,23H,6-7,16H2,1-5H3. The summed E-state index contributed by atoms with van der Waals surface area (Å²) in [5.41, 5.74) is 2.36. The van der Waals surface area contributed by atoms with Crippen molar-refractivity contribution in [1.82, 2.24) is 0 Å². The Morgan fingerprint density at radius 2 is 1.75 bits per heavy atom. The molecule has 2 aromatic carbocycles. The summed E-state index contributed by atoms with van der Waals surface area (Å²) >= 11 is 0. The number of fused-ring (bicyclic) bond motifs is 1. The van der Waals surface area contributed by atoms with Crippen molar-refractivity contribution >= 4 is 22.9 Å². The molecule has 0 saturated heterocycles. The molecular formula is C26H30O6. The van der Waals surface area contributed by atoms with E-state index in [9.17, 15) is 9.59 Å². The van der Waals surface area contributed by atoms with Crippen LogP contribution in [0.5, 0.6) is 5.75 Å². The summed E-state index contributed by atoms with van der Waals surface area (Å²) < 4.78 is 22.2. The van der Waals surface area contributed by atoms with Crippen LogP contribution in [0.25, 0.3) is 11.0 Å². The topological polar surface area (TPSA) is 75.0 Å². The van der Waals surface area contributed by atoms with Crippen molar-refractivity contribution in [1.29, 1.82) is 0 Å². The summed E-state index contributed by atoms with van der Waals surface area (Å²) in [5.74, 6) is 0.347. The zero-order chi connectivity index (χ0) is 23.3. The molecule has 0 saturated carbocycles. The molecule has 1 aromatic heterocycles. The van der Waals surface area contributed by atoms with E-state index in [2.05, 4.69) is 26.8 Å². The molecule has 0 N–H and O–H groups in total.